The van der Waals surface area contributed by atoms with Crippen molar-refractivity contribution in [1.29, 1.82) is 0 Å². The van der Waals surface area contributed by atoms with E-state index in [2.05, 4.69) is 10.3 Å². The number of rotatable bonds is 8. The Labute approximate surface area is 202 Å². The van der Waals surface area contributed by atoms with E-state index in [4.69, 9.17) is 5.73 Å². The molecule has 2 atom stereocenters. The van der Waals surface area contributed by atoms with Gasteiger partial charge in [-0.05, 0) is 50.0 Å². The van der Waals surface area contributed by atoms with E-state index in [0.29, 0.717) is 31.7 Å². The van der Waals surface area contributed by atoms with Gasteiger partial charge in [0, 0.05) is 18.3 Å². The number of anilines is 1. The van der Waals surface area contributed by atoms with Crippen molar-refractivity contribution in [1.82, 2.24) is 5.32 Å². The second kappa shape index (κ2) is 10.3. The van der Waals surface area contributed by atoms with Gasteiger partial charge in [0.1, 0.15) is 0 Å². The fraction of sp³-hybridized carbons (Fsp3) is 0.630. The third kappa shape index (κ3) is 4.89. The molecule has 3 aliphatic rings. The van der Waals surface area contributed by atoms with Gasteiger partial charge in [-0.3, -0.25) is 19.4 Å². The molecule has 7 heteroatoms. The van der Waals surface area contributed by atoms with Crippen LogP contribution in [0, 0.1) is 23.2 Å². The van der Waals surface area contributed by atoms with E-state index in [1.54, 1.807) is 6.21 Å². The highest BCUT2D eigenvalue weighted by Crippen LogP contribution is 2.47. The summed E-state index contributed by atoms with van der Waals surface area (Å²) in [6.07, 6.45) is 8.81. The highest BCUT2D eigenvalue weighted by atomic mass is 16.2. The van der Waals surface area contributed by atoms with Crippen molar-refractivity contribution >= 4 is 29.6 Å². The quantitative estimate of drug-likeness (QED) is 0.609. The molecular weight excluding hydrogens is 428 g/mol. The second-order valence-corrected chi connectivity index (χ2v) is 10.8. The lowest BCUT2D eigenvalue weighted by Crippen LogP contribution is -2.55. The molecule has 0 spiro atoms. The molecule has 7 nitrogen and oxygen atoms in total. The zero-order valence-corrected chi connectivity index (χ0v) is 20.5. The maximum atomic E-state index is 13.8. The minimum atomic E-state index is -1.01. The first-order valence-electron chi connectivity index (χ1n) is 12.9. The number of benzodiazepines with no additional fused rings is 1. The zero-order chi connectivity index (χ0) is 24.3. The van der Waals surface area contributed by atoms with Crippen molar-refractivity contribution in [2.45, 2.75) is 77.8 Å². The first-order valence-corrected chi connectivity index (χ1v) is 12.9. The molecule has 1 aromatic carbocycles. The maximum Gasteiger partial charge on any atom is 0.272 e. The zero-order valence-electron chi connectivity index (χ0n) is 20.5. The van der Waals surface area contributed by atoms with Gasteiger partial charge in [0.15, 0.2) is 0 Å². The number of carbonyl (C=O) groups excluding carboxylic acids is 3. The lowest BCUT2D eigenvalue weighted by atomic mass is 9.69. The molecule has 1 aliphatic heterocycles. The summed E-state index contributed by atoms with van der Waals surface area (Å²) in [5.74, 6) is -0.774. The van der Waals surface area contributed by atoms with Crippen LogP contribution in [0.2, 0.25) is 0 Å². The van der Waals surface area contributed by atoms with E-state index in [1.165, 1.54) is 12.8 Å². The number of amides is 3. The molecule has 1 aromatic rings. The van der Waals surface area contributed by atoms with E-state index in [1.807, 2.05) is 43.0 Å². The Balaban J connectivity index is 1.61. The van der Waals surface area contributed by atoms with Gasteiger partial charge < -0.3 is 16.0 Å². The lowest BCUT2D eigenvalue weighted by molar-refractivity contribution is -0.143. The SMILES string of the molecule is CC(C)CC(C(N)=O)C1(C(=O)NC2N=Cc3ccccc3N(CC3CCCC3)C2=O)CCCC1. The molecule has 0 saturated heterocycles. The van der Waals surface area contributed by atoms with Crippen LogP contribution in [-0.4, -0.2) is 36.6 Å². The van der Waals surface area contributed by atoms with Crippen LogP contribution >= 0.6 is 0 Å². The van der Waals surface area contributed by atoms with Crippen molar-refractivity contribution in [3.8, 4) is 0 Å². The minimum absolute atomic E-state index is 0.214. The molecule has 0 radical (unpaired) electrons. The molecule has 0 bridgehead atoms. The van der Waals surface area contributed by atoms with E-state index in [0.717, 1.165) is 36.9 Å². The van der Waals surface area contributed by atoms with E-state index in [-0.39, 0.29) is 17.7 Å². The van der Waals surface area contributed by atoms with Gasteiger partial charge in [0.25, 0.3) is 5.91 Å². The molecule has 1 heterocycles. The highest BCUT2D eigenvalue weighted by Gasteiger charge is 2.51. The average Bonchev–Trinajstić information content (AvgIpc) is 3.49. The molecular formula is C27H38N4O3. The number of hydrogen-bond acceptors (Lipinski definition) is 4. The number of para-hydroxylation sites is 1. The summed E-state index contributed by atoms with van der Waals surface area (Å²) in [5, 5.41) is 2.95. The van der Waals surface area contributed by atoms with Crippen LogP contribution in [0.3, 0.4) is 0 Å². The van der Waals surface area contributed by atoms with E-state index in [9.17, 15) is 14.4 Å². The maximum absolute atomic E-state index is 13.8. The monoisotopic (exact) mass is 466 g/mol. The molecule has 4 rings (SSSR count). The Morgan fingerprint density at radius 1 is 1.15 bits per heavy atom. The van der Waals surface area contributed by atoms with Crippen LogP contribution in [0.5, 0.6) is 0 Å². The average molecular weight is 467 g/mol. The van der Waals surface area contributed by atoms with Gasteiger partial charge in [0.05, 0.1) is 17.0 Å². The molecule has 3 amide bonds. The van der Waals surface area contributed by atoms with Crippen molar-refractivity contribution in [3.05, 3.63) is 29.8 Å². The molecule has 2 unspecified atom stereocenters. The van der Waals surface area contributed by atoms with Crippen LogP contribution < -0.4 is 16.0 Å². The predicted molar refractivity (Wildman–Crippen MR) is 133 cm³/mol. The molecule has 0 aromatic heterocycles. The smallest absolute Gasteiger partial charge is 0.272 e. The van der Waals surface area contributed by atoms with Gasteiger partial charge in [-0.25, -0.2) is 0 Å². The van der Waals surface area contributed by atoms with Gasteiger partial charge in [-0.2, -0.15) is 0 Å². The minimum Gasteiger partial charge on any atom is -0.369 e. The largest absolute Gasteiger partial charge is 0.369 e. The number of nitrogens with two attached hydrogens (primary N) is 1. The normalized spacial score (nSPS) is 23.1. The Kier molecular flexibility index (Phi) is 7.39. The number of hydrogen-bond donors (Lipinski definition) is 2. The van der Waals surface area contributed by atoms with Crippen molar-refractivity contribution in [3.63, 3.8) is 0 Å². The first kappa shape index (κ1) is 24.4. The highest BCUT2D eigenvalue weighted by molar-refractivity contribution is 6.06. The van der Waals surface area contributed by atoms with Gasteiger partial charge in [0.2, 0.25) is 18.0 Å². The Bertz CT molecular complexity index is 945. The van der Waals surface area contributed by atoms with Crippen LogP contribution in [0.25, 0.3) is 0 Å². The van der Waals surface area contributed by atoms with Crippen molar-refractivity contribution < 1.29 is 14.4 Å². The molecule has 2 fully saturated rings. The Morgan fingerprint density at radius 3 is 2.47 bits per heavy atom. The number of aliphatic imine (C=N–C) groups is 1. The Morgan fingerprint density at radius 2 is 1.82 bits per heavy atom. The topological polar surface area (TPSA) is 105 Å². The molecule has 184 valence electrons. The Hall–Kier alpha value is -2.70. The van der Waals surface area contributed by atoms with Crippen LogP contribution in [0.1, 0.15) is 77.2 Å². The van der Waals surface area contributed by atoms with Crippen molar-refractivity contribution in [2.24, 2.45) is 33.9 Å². The number of fused-ring (bicyclic) bond motifs is 1. The first-order chi connectivity index (χ1) is 16.3. The van der Waals surface area contributed by atoms with Gasteiger partial charge >= 0.3 is 0 Å². The summed E-state index contributed by atoms with van der Waals surface area (Å²) in [7, 11) is 0. The molecule has 2 aliphatic carbocycles. The van der Waals surface area contributed by atoms with Crippen molar-refractivity contribution in [2.75, 3.05) is 11.4 Å². The lowest BCUT2D eigenvalue weighted by Gasteiger charge is -2.36. The summed E-state index contributed by atoms with van der Waals surface area (Å²) in [6, 6.07) is 7.75. The standard InChI is InChI=1S/C27H38N4O3/c1-18(2)15-21(23(28)32)27(13-7-8-14-27)26(34)30-24-25(33)31(17-19-9-3-4-10-19)22-12-6-5-11-20(22)16-29-24/h5-6,11-12,16,18-19,21,24H,3-4,7-10,13-15,17H2,1-2H3,(H2,28,32)(H,30,34). The fourth-order valence-electron chi connectivity index (χ4n) is 6.16. The number of carbonyl (C=O) groups is 3. The summed E-state index contributed by atoms with van der Waals surface area (Å²) < 4.78 is 0. The fourth-order valence-corrected chi connectivity index (χ4v) is 6.16. The third-order valence-electron chi connectivity index (χ3n) is 7.94. The summed E-state index contributed by atoms with van der Waals surface area (Å²) in [6.45, 7) is 4.70. The number of nitrogens with one attached hydrogen (secondary N) is 1. The number of benzene rings is 1. The summed E-state index contributed by atoms with van der Waals surface area (Å²) in [4.78, 5) is 46.3. The summed E-state index contributed by atoms with van der Waals surface area (Å²) >= 11 is 0. The van der Waals surface area contributed by atoms with Gasteiger partial charge in [-0.1, -0.05) is 57.7 Å². The van der Waals surface area contributed by atoms with E-state index < -0.39 is 23.4 Å². The van der Waals surface area contributed by atoms with Crippen LogP contribution in [0.15, 0.2) is 29.3 Å². The second-order valence-electron chi connectivity index (χ2n) is 10.8. The van der Waals surface area contributed by atoms with Crippen LogP contribution in [0.4, 0.5) is 5.69 Å². The van der Waals surface area contributed by atoms with Crippen LogP contribution in [-0.2, 0) is 14.4 Å². The summed E-state index contributed by atoms with van der Waals surface area (Å²) in [5.41, 5.74) is 6.66. The number of primary amides is 1. The molecule has 34 heavy (non-hydrogen) atoms. The number of nitrogens with zero attached hydrogens (tertiary/aromatic N) is 2. The van der Waals surface area contributed by atoms with E-state index >= 15 is 0 Å². The predicted octanol–water partition coefficient (Wildman–Crippen LogP) is 3.79. The molecule has 2 saturated carbocycles. The molecule has 3 N–H and O–H groups in total. The van der Waals surface area contributed by atoms with Gasteiger partial charge in [-0.15, -0.1) is 0 Å². The third-order valence-corrected chi connectivity index (χ3v) is 7.94.